The summed E-state index contributed by atoms with van der Waals surface area (Å²) in [5, 5.41) is 0. The average Bonchev–Trinajstić information content (AvgIpc) is 1.99. The maximum atomic E-state index is 13.8. The third-order valence-corrected chi connectivity index (χ3v) is 2.34. The molecule has 0 radical (unpaired) electrons. The fraction of sp³-hybridized carbons (Fsp3) is 0.900. The predicted molar refractivity (Wildman–Crippen MR) is 53.6 cm³/mol. The van der Waals surface area contributed by atoms with Crippen molar-refractivity contribution < 1.29 is 13.9 Å². The van der Waals surface area contributed by atoms with Crippen LogP contribution in [0.2, 0.25) is 0 Å². The number of nitrogens with two attached hydrogens (primary N) is 1. The Kier molecular flexibility index (Phi) is 4.06. The first-order chi connectivity index (χ1) is 6.15. The van der Waals surface area contributed by atoms with Crippen molar-refractivity contribution in [3.05, 3.63) is 0 Å². The van der Waals surface area contributed by atoms with Crippen molar-refractivity contribution >= 4 is 5.97 Å². The van der Waals surface area contributed by atoms with Gasteiger partial charge < -0.3 is 10.5 Å². The molecule has 0 aliphatic rings. The molecule has 3 nitrogen and oxygen atoms in total. The summed E-state index contributed by atoms with van der Waals surface area (Å²) in [4.78, 5) is 11.4. The van der Waals surface area contributed by atoms with E-state index in [0.29, 0.717) is 0 Å². The number of methoxy groups -OCH3 is 1. The van der Waals surface area contributed by atoms with Crippen molar-refractivity contribution in [3.63, 3.8) is 0 Å². The smallest absolute Gasteiger partial charge is 0.329 e. The van der Waals surface area contributed by atoms with E-state index in [-0.39, 0.29) is 12.3 Å². The lowest BCUT2D eigenvalue weighted by molar-refractivity contribution is -0.153. The Hall–Kier alpha value is -0.640. The summed E-state index contributed by atoms with van der Waals surface area (Å²) in [6.07, 6.45) is 0.267. The van der Waals surface area contributed by atoms with Crippen LogP contribution in [0.5, 0.6) is 0 Å². The number of hydrogen-bond donors (Lipinski definition) is 1. The highest BCUT2D eigenvalue weighted by Gasteiger charge is 2.50. The Morgan fingerprint density at radius 3 is 2.14 bits per heavy atom. The molecule has 0 saturated heterocycles. The molecule has 0 aromatic heterocycles. The summed E-state index contributed by atoms with van der Waals surface area (Å²) >= 11 is 0. The van der Waals surface area contributed by atoms with Crippen LogP contribution in [0.25, 0.3) is 0 Å². The second kappa shape index (κ2) is 4.26. The van der Waals surface area contributed by atoms with Crippen molar-refractivity contribution in [3.8, 4) is 0 Å². The quantitative estimate of drug-likeness (QED) is 0.710. The van der Waals surface area contributed by atoms with E-state index in [9.17, 15) is 9.18 Å². The van der Waals surface area contributed by atoms with Crippen LogP contribution in [0.4, 0.5) is 4.39 Å². The molecule has 14 heavy (non-hydrogen) atoms. The largest absolute Gasteiger partial charge is 0.468 e. The summed E-state index contributed by atoms with van der Waals surface area (Å²) in [7, 11) is 1.22. The fourth-order valence-corrected chi connectivity index (χ4v) is 1.39. The van der Waals surface area contributed by atoms with Crippen LogP contribution < -0.4 is 5.73 Å². The lowest BCUT2D eigenvalue weighted by Gasteiger charge is -2.36. The Morgan fingerprint density at radius 2 is 1.93 bits per heavy atom. The number of halogens is 1. The zero-order valence-corrected chi connectivity index (χ0v) is 9.56. The standard InChI is InChI=1S/C10H20FNO2/c1-7(2)6-10(12,8(13)14-5)9(3,4)11/h7H,6,12H2,1-5H3. The lowest BCUT2D eigenvalue weighted by atomic mass is 9.78. The minimum Gasteiger partial charge on any atom is -0.468 e. The molecule has 2 N–H and O–H groups in total. The van der Waals surface area contributed by atoms with Gasteiger partial charge in [0, 0.05) is 0 Å². The van der Waals surface area contributed by atoms with Crippen LogP contribution in [-0.4, -0.2) is 24.3 Å². The van der Waals surface area contributed by atoms with Gasteiger partial charge in [-0.25, -0.2) is 9.18 Å². The number of ether oxygens (including phenoxy) is 1. The summed E-state index contributed by atoms with van der Waals surface area (Å²) in [6.45, 7) is 6.37. The highest BCUT2D eigenvalue weighted by molar-refractivity contribution is 5.82. The molecule has 0 spiro atoms. The van der Waals surface area contributed by atoms with Gasteiger partial charge in [0.1, 0.15) is 11.2 Å². The number of carbonyl (C=O) groups is 1. The maximum absolute atomic E-state index is 13.8. The van der Waals surface area contributed by atoms with Crippen molar-refractivity contribution in [1.82, 2.24) is 0 Å². The minimum atomic E-state index is -1.79. The van der Waals surface area contributed by atoms with Gasteiger partial charge in [-0.15, -0.1) is 0 Å². The van der Waals surface area contributed by atoms with E-state index in [0.717, 1.165) is 0 Å². The van der Waals surface area contributed by atoms with Crippen LogP contribution in [0.3, 0.4) is 0 Å². The highest BCUT2D eigenvalue weighted by Crippen LogP contribution is 2.30. The molecule has 0 rings (SSSR count). The monoisotopic (exact) mass is 205 g/mol. The van der Waals surface area contributed by atoms with E-state index < -0.39 is 17.2 Å². The molecular formula is C10H20FNO2. The normalized spacial score (nSPS) is 16.6. The molecule has 1 unspecified atom stereocenters. The Balaban J connectivity index is 4.96. The first-order valence-electron chi connectivity index (χ1n) is 4.71. The molecule has 0 aromatic rings. The first kappa shape index (κ1) is 13.4. The number of rotatable bonds is 4. The van der Waals surface area contributed by atoms with Crippen LogP contribution in [0.1, 0.15) is 34.1 Å². The van der Waals surface area contributed by atoms with E-state index >= 15 is 0 Å². The molecule has 84 valence electrons. The first-order valence-corrected chi connectivity index (χ1v) is 4.71. The number of hydrogen-bond acceptors (Lipinski definition) is 3. The summed E-state index contributed by atoms with van der Waals surface area (Å²) in [6, 6.07) is 0. The molecule has 0 heterocycles. The maximum Gasteiger partial charge on any atom is 0.329 e. The van der Waals surface area contributed by atoms with Crippen molar-refractivity contribution in [2.24, 2.45) is 11.7 Å². The predicted octanol–water partition coefficient (Wildman–Crippen LogP) is 1.65. The molecule has 0 aromatic carbocycles. The zero-order valence-electron chi connectivity index (χ0n) is 9.56. The minimum absolute atomic E-state index is 0.133. The second-order valence-corrected chi connectivity index (χ2v) is 4.53. The SMILES string of the molecule is COC(=O)C(N)(CC(C)C)C(C)(C)F. The number of alkyl halides is 1. The number of carbonyl (C=O) groups excluding carboxylic acids is 1. The molecule has 0 fully saturated rings. The van der Waals surface area contributed by atoms with Crippen LogP contribution in [0.15, 0.2) is 0 Å². The van der Waals surface area contributed by atoms with Gasteiger partial charge >= 0.3 is 5.97 Å². The third kappa shape index (κ3) is 2.67. The van der Waals surface area contributed by atoms with E-state index in [2.05, 4.69) is 4.74 Å². The molecule has 0 aliphatic heterocycles. The average molecular weight is 205 g/mol. The molecule has 0 saturated carbocycles. The van der Waals surface area contributed by atoms with Crippen LogP contribution in [-0.2, 0) is 9.53 Å². The van der Waals surface area contributed by atoms with Crippen molar-refractivity contribution in [2.45, 2.75) is 45.3 Å². The Morgan fingerprint density at radius 1 is 1.50 bits per heavy atom. The van der Waals surface area contributed by atoms with Gasteiger partial charge in [0.05, 0.1) is 7.11 Å². The van der Waals surface area contributed by atoms with Gasteiger partial charge in [0.2, 0.25) is 0 Å². The van der Waals surface area contributed by atoms with Crippen LogP contribution in [0, 0.1) is 5.92 Å². The van der Waals surface area contributed by atoms with Gasteiger partial charge in [0.15, 0.2) is 0 Å². The van der Waals surface area contributed by atoms with Gasteiger partial charge in [-0.3, -0.25) is 0 Å². The molecule has 1 atom stereocenters. The molecule has 0 aliphatic carbocycles. The van der Waals surface area contributed by atoms with E-state index in [1.54, 1.807) is 0 Å². The van der Waals surface area contributed by atoms with Gasteiger partial charge in [-0.05, 0) is 26.2 Å². The highest BCUT2D eigenvalue weighted by atomic mass is 19.1. The molecule has 0 amide bonds. The molecular weight excluding hydrogens is 185 g/mol. The second-order valence-electron chi connectivity index (χ2n) is 4.53. The van der Waals surface area contributed by atoms with E-state index in [1.807, 2.05) is 13.8 Å². The van der Waals surface area contributed by atoms with Crippen LogP contribution >= 0.6 is 0 Å². The molecule has 0 bridgehead atoms. The summed E-state index contributed by atoms with van der Waals surface area (Å²) < 4.78 is 18.3. The Bertz CT molecular complexity index is 211. The molecule has 4 heteroatoms. The van der Waals surface area contributed by atoms with Crippen molar-refractivity contribution in [1.29, 1.82) is 0 Å². The summed E-state index contributed by atoms with van der Waals surface area (Å²) in [5.74, 6) is -0.562. The zero-order chi connectivity index (χ0) is 11.6. The number of esters is 1. The fourth-order valence-electron chi connectivity index (χ4n) is 1.39. The summed E-state index contributed by atoms with van der Waals surface area (Å²) in [5.41, 5.74) is 2.43. The van der Waals surface area contributed by atoms with Gasteiger partial charge in [-0.2, -0.15) is 0 Å². The van der Waals surface area contributed by atoms with Gasteiger partial charge in [0.25, 0.3) is 0 Å². The lowest BCUT2D eigenvalue weighted by Crippen LogP contribution is -2.61. The van der Waals surface area contributed by atoms with E-state index in [4.69, 9.17) is 5.73 Å². The third-order valence-electron chi connectivity index (χ3n) is 2.34. The van der Waals surface area contributed by atoms with Gasteiger partial charge in [-0.1, -0.05) is 13.8 Å². The van der Waals surface area contributed by atoms with E-state index in [1.165, 1.54) is 21.0 Å². The Labute approximate surface area is 84.8 Å². The topological polar surface area (TPSA) is 52.3 Å². The van der Waals surface area contributed by atoms with Crippen molar-refractivity contribution in [2.75, 3.05) is 7.11 Å².